The van der Waals surface area contributed by atoms with Crippen molar-refractivity contribution in [3.63, 3.8) is 0 Å². The quantitative estimate of drug-likeness (QED) is 0.604. The fourth-order valence-corrected chi connectivity index (χ4v) is 5.52. The van der Waals surface area contributed by atoms with Gasteiger partial charge in [-0.05, 0) is 49.2 Å². The molecule has 1 aliphatic carbocycles. The van der Waals surface area contributed by atoms with Gasteiger partial charge in [0.05, 0.1) is 10.1 Å². The topological polar surface area (TPSA) is 103 Å². The average Bonchev–Trinajstić information content (AvgIpc) is 3.28. The van der Waals surface area contributed by atoms with E-state index in [1.807, 2.05) is 0 Å². The molecule has 1 aromatic heterocycles. The van der Waals surface area contributed by atoms with E-state index in [0.29, 0.717) is 29.9 Å². The number of hydrogen-bond donors (Lipinski definition) is 1. The molecular weight excluding hydrogens is 406 g/mol. The van der Waals surface area contributed by atoms with Crippen LogP contribution in [0.15, 0.2) is 68.7 Å². The highest BCUT2D eigenvalue weighted by Gasteiger charge is 2.30. The van der Waals surface area contributed by atoms with E-state index in [4.69, 9.17) is 9.15 Å². The van der Waals surface area contributed by atoms with E-state index in [0.717, 1.165) is 18.2 Å². The Bertz CT molecular complexity index is 1240. The number of carbonyl (C=O) groups excluding carboxylic acids is 1. The summed E-state index contributed by atoms with van der Waals surface area (Å²) in [5.41, 5.74) is 0.294. The maximum Gasteiger partial charge on any atom is 0.336 e. The zero-order chi connectivity index (χ0) is 21.1. The van der Waals surface area contributed by atoms with Gasteiger partial charge in [0.2, 0.25) is 0 Å². The molecule has 4 rings (SSSR count). The minimum absolute atomic E-state index is 0.220. The van der Waals surface area contributed by atoms with Crippen molar-refractivity contribution in [2.24, 2.45) is 0 Å². The molecule has 1 N–H and O–H groups in total. The van der Waals surface area contributed by atoms with E-state index in [2.05, 4.69) is 5.32 Å². The molecule has 30 heavy (non-hydrogen) atoms. The van der Waals surface area contributed by atoms with Crippen molar-refractivity contribution < 1.29 is 22.4 Å². The summed E-state index contributed by atoms with van der Waals surface area (Å²) in [5, 5.41) is 3.05. The predicted octanol–water partition coefficient (Wildman–Crippen LogP) is 3.53. The molecule has 7 nitrogen and oxygen atoms in total. The van der Waals surface area contributed by atoms with Crippen LogP contribution in [0.4, 0.5) is 5.69 Å². The molecule has 0 saturated heterocycles. The summed E-state index contributed by atoms with van der Waals surface area (Å²) in [5.74, 6) is -0.0513. The summed E-state index contributed by atoms with van der Waals surface area (Å²) < 4.78 is 36.1. The van der Waals surface area contributed by atoms with Crippen LogP contribution >= 0.6 is 0 Å². The van der Waals surface area contributed by atoms with Gasteiger partial charge >= 0.3 is 5.63 Å². The number of anilines is 1. The normalized spacial score (nSPS) is 14.7. The molecule has 0 spiro atoms. The summed E-state index contributed by atoms with van der Waals surface area (Å²) in [6.07, 6.45) is 3.21. The standard InChI is InChI=1S/C22H21NO6S/c24-21(14-28-17-10-8-15-9-11-22(25)29-20(15)13-17)23-16-4-3-7-19(12-16)30(26,27)18-5-1-2-6-18/h3-4,7-13,18H,1-2,5-6,14H2,(H,23,24). The number of amides is 1. The van der Waals surface area contributed by atoms with Crippen LogP contribution in [-0.4, -0.2) is 26.2 Å². The minimum Gasteiger partial charge on any atom is -0.484 e. The van der Waals surface area contributed by atoms with Gasteiger partial charge in [0, 0.05) is 23.2 Å². The Morgan fingerprint density at radius 1 is 1.07 bits per heavy atom. The van der Waals surface area contributed by atoms with Crippen LogP contribution < -0.4 is 15.7 Å². The Balaban J connectivity index is 1.41. The van der Waals surface area contributed by atoms with Gasteiger partial charge in [-0.3, -0.25) is 4.79 Å². The van der Waals surface area contributed by atoms with Crippen molar-refractivity contribution in [2.45, 2.75) is 35.8 Å². The molecule has 0 unspecified atom stereocenters. The summed E-state index contributed by atoms with van der Waals surface area (Å²) in [6.45, 7) is -0.276. The first-order valence-electron chi connectivity index (χ1n) is 9.72. The van der Waals surface area contributed by atoms with E-state index in [1.165, 1.54) is 12.1 Å². The van der Waals surface area contributed by atoms with Gasteiger partial charge in [0.25, 0.3) is 5.91 Å². The summed E-state index contributed by atoms with van der Waals surface area (Å²) >= 11 is 0. The molecule has 1 aliphatic rings. The van der Waals surface area contributed by atoms with Crippen LogP contribution in [0.3, 0.4) is 0 Å². The number of fused-ring (bicyclic) bond motifs is 1. The molecule has 1 heterocycles. The maximum atomic E-state index is 12.7. The van der Waals surface area contributed by atoms with Crippen molar-refractivity contribution in [3.05, 3.63) is 65.0 Å². The molecule has 1 saturated carbocycles. The van der Waals surface area contributed by atoms with Crippen LogP contribution in [-0.2, 0) is 14.6 Å². The molecule has 1 fully saturated rings. The first kappa shape index (κ1) is 20.2. The van der Waals surface area contributed by atoms with Crippen LogP contribution in [0, 0.1) is 0 Å². The number of sulfone groups is 1. The first-order valence-corrected chi connectivity index (χ1v) is 11.3. The molecule has 0 aliphatic heterocycles. The Hall–Kier alpha value is -3.13. The molecule has 0 atom stereocenters. The zero-order valence-corrected chi connectivity index (χ0v) is 17.0. The second-order valence-electron chi connectivity index (χ2n) is 7.27. The van der Waals surface area contributed by atoms with Crippen molar-refractivity contribution in [1.29, 1.82) is 0 Å². The highest BCUT2D eigenvalue weighted by Crippen LogP contribution is 2.30. The van der Waals surface area contributed by atoms with Crippen LogP contribution in [0.25, 0.3) is 11.0 Å². The molecular formula is C22H21NO6S. The second-order valence-corrected chi connectivity index (χ2v) is 9.50. The van der Waals surface area contributed by atoms with Gasteiger partial charge in [0.15, 0.2) is 16.4 Å². The average molecular weight is 427 g/mol. The number of rotatable bonds is 6. The summed E-state index contributed by atoms with van der Waals surface area (Å²) in [6, 6.07) is 14.2. The van der Waals surface area contributed by atoms with E-state index >= 15 is 0 Å². The molecule has 156 valence electrons. The molecule has 1 amide bonds. The third-order valence-electron chi connectivity index (χ3n) is 5.15. The second kappa shape index (κ2) is 8.31. The van der Waals surface area contributed by atoms with Crippen molar-refractivity contribution in [1.82, 2.24) is 0 Å². The monoisotopic (exact) mass is 427 g/mol. The highest BCUT2D eigenvalue weighted by molar-refractivity contribution is 7.92. The molecule has 0 radical (unpaired) electrons. The number of carbonyl (C=O) groups is 1. The number of hydrogen-bond acceptors (Lipinski definition) is 6. The van der Waals surface area contributed by atoms with Gasteiger partial charge in [-0.2, -0.15) is 0 Å². The van der Waals surface area contributed by atoms with Crippen molar-refractivity contribution >= 4 is 32.4 Å². The van der Waals surface area contributed by atoms with Gasteiger partial charge in [-0.15, -0.1) is 0 Å². The van der Waals surface area contributed by atoms with Gasteiger partial charge < -0.3 is 14.5 Å². The largest absolute Gasteiger partial charge is 0.484 e. The van der Waals surface area contributed by atoms with Crippen molar-refractivity contribution in [2.75, 3.05) is 11.9 Å². The lowest BCUT2D eigenvalue weighted by molar-refractivity contribution is -0.118. The summed E-state index contributed by atoms with van der Waals surface area (Å²) in [4.78, 5) is 23.8. The van der Waals surface area contributed by atoms with E-state index in [9.17, 15) is 18.0 Å². The van der Waals surface area contributed by atoms with Crippen LogP contribution in [0.1, 0.15) is 25.7 Å². The predicted molar refractivity (Wildman–Crippen MR) is 112 cm³/mol. The fraction of sp³-hybridized carbons (Fsp3) is 0.273. The molecule has 3 aromatic rings. The van der Waals surface area contributed by atoms with Gasteiger partial charge in [0.1, 0.15) is 11.3 Å². The summed E-state index contributed by atoms with van der Waals surface area (Å²) in [7, 11) is -3.40. The molecule has 0 bridgehead atoms. The van der Waals surface area contributed by atoms with Crippen LogP contribution in [0.2, 0.25) is 0 Å². The highest BCUT2D eigenvalue weighted by atomic mass is 32.2. The van der Waals surface area contributed by atoms with E-state index < -0.39 is 21.4 Å². The Labute approximate surface area is 173 Å². The lowest BCUT2D eigenvalue weighted by atomic mass is 10.2. The lowest BCUT2D eigenvalue weighted by Crippen LogP contribution is -2.21. The Morgan fingerprint density at radius 2 is 1.83 bits per heavy atom. The van der Waals surface area contributed by atoms with Crippen LogP contribution in [0.5, 0.6) is 5.75 Å². The Kier molecular flexibility index (Phi) is 5.59. The number of ether oxygens (including phenoxy) is 1. The lowest BCUT2D eigenvalue weighted by Gasteiger charge is -2.13. The first-order chi connectivity index (χ1) is 14.4. The SMILES string of the molecule is O=C(COc1ccc2ccc(=O)oc2c1)Nc1cccc(S(=O)(=O)C2CCCC2)c1. The maximum absolute atomic E-state index is 12.7. The molecule has 2 aromatic carbocycles. The molecule has 8 heteroatoms. The number of nitrogens with one attached hydrogen (secondary N) is 1. The third-order valence-corrected chi connectivity index (χ3v) is 7.41. The minimum atomic E-state index is -3.40. The van der Waals surface area contributed by atoms with E-state index in [1.54, 1.807) is 42.5 Å². The van der Waals surface area contributed by atoms with Crippen molar-refractivity contribution in [3.8, 4) is 5.75 Å². The smallest absolute Gasteiger partial charge is 0.336 e. The fourth-order valence-electron chi connectivity index (χ4n) is 3.62. The van der Waals surface area contributed by atoms with Gasteiger partial charge in [-0.25, -0.2) is 13.2 Å². The Morgan fingerprint density at radius 3 is 2.63 bits per heavy atom. The third kappa shape index (κ3) is 4.38. The van der Waals surface area contributed by atoms with E-state index in [-0.39, 0.29) is 16.8 Å². The number of benzene rings is 2. The zero-order valence-electron chi connectivity index (χ0n) is 16.2. The van der Waals surface area contributed by atoms with Gasteiger partial charge in [-0.1, -0.05) is 18.9 Å².